The number of piperidine rings is 2. The highest BCUT2D eigenvalue weighted by molar-refractivity contribution is 4.65. The second-order valence-electron chi connectivity index (χ2n) is 7.14. The maximum atomic E-state index is 2.49. The topological polar surface area (TPSA) is 0 Å². The van der Waals surface area contributed by atoms with Gasteiger partial charge in [-0.15, -0.1) is 0 Å². The van der Waals surface area contributed by atoms with Gasteiger partial charge in [0.25, 0.3) is 0 Å². The molecule has 2 rings (SSSR count). The van der Waals surface area contributed by atoms with E-state index < -0.39 is 0 Å². The average Bonchev–Trinajstić information content (AvgIpc) is 2.22. The summed E-state index contributed by atoms with van der Waals surface area (Å²) in [5.74, 6) is 1.01. The zero-order chi connectivity index (χ0) is 11.6. The molecule has 4 heteroatoms. The van der Waals surface area contributed by atoms with Crippen molar-refractivity contribution in [3.63, 3.8) is 0 Å². The van der Waals surface area contributed by atoms with Crippen LogP contribution < -0.4 is 48.0 Å². The lowest BCUT2D eigenvalue weighted by atomic mass is 9.93. The highest BCUT2D eigenvalue weighted by atomic mass is 127. The zero-order valence-corrected chi connectivity index (χ0v) is 16.6. The van der Waals surface area contributed by atoms with Gasteiger partial charge in [-0.3, -0.25) is 0 Å². The number of quaternary nitrogens is 2. The molecule has 0 aromatic rings. The largest absolute Gasteiger partial charge is 1.00 e. The normalized spacial score (nSPS) is 26.8. The maximum Gasteiger partial charge on any atom is 0.0817 e. The predicted octanol–water partition coefficient (Wildman–Crippen LogP) is -3.89. The molecule has 0 aliphatic carbocycles. The molecule has 0 spiro atoms. The molecule has 0 saturated carbocycles. The van der Waals surface area contributed by atoms with Crippen molar-refractivity contribution in [1.82, 2.24) is 0 Å². The SMILES string of the molecule is C[N+]1(C)CCC(C[N+]2(C)CCCCC2)CC1.[I-].[I-]. The van der Waals surface area contributed by atoms with Crippen LogP contribution in [0.4, 0.5) is 0 Å². The number of hydrogen-bond acceptors (Lipinski definition) is 0. The molecule has 2 aliphatic rings. The Morgan fingerprint density at radius 3 is 1.78 bits per heavy atom. The van der Waals surface area contributed by atoms with Crippen molar-refractivity contribution in [2.75, 3.05) is 53.9 Å². The van der Waals surface area contributed by atoms with Crippen LogP contribution in [0, 0.1) is 5.92 Å². The van der Waals surface area contributed by atoms with E-state index in [9.17, 15) is 0 Å². The summed E-state index contributed by atoms with van der Waals surface area (Å²) in [7, 11) is 7.26. The Morgan fingerprint density at radius 2 is 1.28 bits per heavy atom. The van der Waals surface area contributed by atoms with Crippen LogP contribution in [-0.4, -0.2) is 62.8 Å². The van der Waals surface area contributed by atoms with E-state index in [2.05, 4.69) is 21.1 Å². The van der Waals surface area contributed by atoms with Crippen LogP contribution in [0.1, 0.15) is 32.1 Å². The summed E-state index contributed by atoms with van der Waals surface area (Å²) in [6, 6.07) is 0. The standard InChI is InChI=1S/C14H30N2.2HI/c1-15(2)11-7-14(8-12-15)13-16(3)9-5-4-6-10-16;;/h14H,4-13H2,1-3H3;2*1H/q+2;;/p-2. The van der Waals surface area contributed by atoms with Gasteiger partial charge in [-0.1, -0.05) is 0 Å². The van der Waals surface area contributed by atoms with Crippen molar-refractivity contribution in [3.8, 4) is 0 Å². The quantitative estimate of drug-likeness (QED) is 0.281. The van der Waals surface area contributed by atoms with Crippen molar-refractivity contribution < 1.29 is 56.9 Å². The summed E-state index contributed by atoms with van der Waals surface area (Å²) in [5, 5.41) is 0. The molecule has 110 valence electrons. The summed E-state index contributed by atoms with van der Waals surface area (Å²) in [6.07, 6.45) is 7.32. The lowest BCUT2D eigenvalue weighted by molar-refractivity contribution is -0.924. The van der Waals surface area contributed by atoms with Crippen LogP contribution >= 0.6 is 0 Å². The minimum absolute atomic E-state index is 0. The van der Waals surface area contributed by atoms with Gasteiger partial charge in [-0.25, -0.2) is 0 Å². The van der Waals surface area contributed by atoms with Crippen LogP contribution in [0.3, 0.4) is 0 Å². The third-order valence-corrected chi connectivity index (χ3v) is 4.88. The van der Waals surface area contributed by atoms with Gasteiger partial charge in [0, 0.05) is 18.8 Å². The van der Waals surface area contributed by atoms with Gasteiger partial charge in [0.1, 0.15) is 0 Å². The lowest BCUT2D eigenvalue weighted by Crippen LogP contribution is -3.00. The molecule has 0 aromatic heterocycles. The fraction of sp³-hybridized carbons (Fsp3) is 1.00. The van der Waals surface area contributed by atoms with E-state index in [0.717, 1.165) is 5.92 Å². The van der Waals surface area contributed by atoms with Crippen molar-refractivity contribution in [2.45, 2.75) is 32.1 Å². The van der Waals surface area contributed by atoms with E-state index in [4.69, 9.17) is 0 Å². The first kappa shape index (κ1) is 19.4. The summed E-state index contributed by atoms with van der Waals surface area (Å²) >= 11 is 0. The first-order chi connectivity index (χ1) is 7.49. The molecule has 18 heavy (non-hydrogen) atoms. The summed E-state index contributed by atoms with van der Waals surface area (Å²) in [5.41, 5.74) is 0. The zero-order valence-electron chi connectivity index (χ0n) is 12.3. The molecule has 0 N–H and O–H groups in total. The Hall–Kier alpha value is 1.38. The van der Waals surface area contributed by atoms with Gasteiger partial charge >= 0.3 is 0 Å². The van der Waals surface area contributed by atoms with Crippen LogP contribution in [-0.2, 0) is 0 Å². The van der Waals surface area contributed by atoms with Crippen molar-refractivity contribution in [1.29, 1.82) is 0 Å². The first-order valence-corrected chi connectivity index (χ1v) is 7.15. The maximum absolute atomic E-state index is 2.49. The third-order valence-electron chi connectivity index (χ3n) is 4.88. The highest BCUT2D eigenvalue weighted by Crippen LogP contribution is 2.25. The monoisotopic (exact) mass is 480 g/mol. The Morgan fingerprint density at radius 1 is 0.778 bits per heavy atom. The van der Waals surface area contributed by atoms with Gasteiger partial charge in [-0.2, -0.15) is 0 Å². The van der Waals surface area contributed by atoms with Gasteiger partial charge in [0.2, 0.25) is 0 Å². The molecule has 2 fully saturated rings. The number of likely N-dealkylation sites (tertiary alicyclic amines) is 2. The molecular weight excluding hydrogens is 450 g/mol. The van der Waals surface area contributed by atoms with Gasteiger partial charge in [0.15, 0.2) is 0 Å². The van der Waals surface area contributed by atoms with Crippen LogP contribution in [0.25, 0.3) is 0 Å². The second-order valence-corrected chi connectivity index (χ2v) is 7.14. The van der Waals surface area contributed by atoms with E-state index in [-0.39, 0.29) is 48.0 Å². The van der Waals surface area contributed by atoms with Crippen molar-refractivity contribution in [2.24, 2.45) is 5.92 Å². The number of nitrogens with zero attached hydrogens (tertiary/aromatic N) is 2. The van der Waals surface area contributed by atoms with Crippen LogP contribution in [0.15, 0.2) is 0 Å². The van der Waals surface area contributed by atoms with E-state index in [1.807, 2.05) is 0 Å². The summed E-state index contributed by atoms with van der Waals surface area (Å²) in [4.78, 5) is 0. The number of hydrogen-bond donors (Lipinski definition) is 0. The average molecular weight is 480 g/mol. The van der Waals surface area contributed by atoms with E-state index in [0.29, 0.717) is 0 Å². The molecule has 2 nitrogen and oxygen atoms in total. The minimum Gasteiger partial charge on any atom is -1.00 e. The molecule has 2 heterocycles. The first-order valence-electron chi connectivity index (χ1n) is 7.15. The number of halogens is 2. The molecular formula is C14H30I2N2. The molecule has 2 aliphatic heterocycles. The fourth-order valence-corrected chi connectivity index (χ4v) is 3.58. The van der Waals surface area contributed by atoms with Crippen LogP contribution in [0.5, 0.6) is 0 Å². The van der Waals surface area contributed by atoms with Gasteiger partial charge in [-0.05, 0) is 19.3 Å². The van der Waals surface area contributed by atoms with E-state index >= 15 is 0 Å². The van der Waals surface area contributed by atoms with Gasteiger partial charge in [0.05, 0.1) is 53.9 Å². The predicted molar refractivity (Wildman–Crippen MR) is 69.2 cm³/mol. The Labute approximate surface area is 148 Å². The summed E-state index contributed by atoms with van der Waals surface area (Å²) < 4.78 is 2.62. The van der Waals surface area contributed by atoms with Gasteiger partial charge < -0.3 is 56.9 Å². The number of rotatable bonds is 2. The Kier molecular flexibility index (Phi) is 8.59. The van der Waals surface area contributed by atoms with Crippen LogP contribution in [0.2, 0.25) is 0 Å². The van der Waals surface area contributed by atoms with E-state index in [1.54, 1.807) is 0 Å². The smallest absolute Gasteiger partial charge is 0.0817 e. The molecule has 0 radical (unpaired) electrons. The molecule has 0 bridgehead atoms. The minimum atomic E-state index is 0. The molecule has 0 unspecified atom stereocenters. The van der Waals surface area contributed by atoms with E-state index in [1.165, 1.54) is 73.8 Å². The molecule has 0 aromatic carbocycles. The Balaban J connectivity index is 0.00000144. The highest BCUT2D eigenvalue weighted by Gasteiger charge is 2.33. The molecule has 0 atom stereocenters. The fourth-order valence-electron chi connectivity index (χ4n) is 3.58. The second kappa shape index (κ2) is 7.98. The van der Waals surface area contributed by atoms with Crippen molar-refractivity contribution in [3.05, 3.63) is 0 Å². The third kappa shape index (κ3) is 5.79. The summed E-state index contributed by atoms with van der Waals surface area (Å²) in [6.45, 7) is 7.12. The molecule has 2 saturated heterocycles. The molecule has 0 amide bonds. The Bertz CT molecular complexity index is 228. The van der Waals surface area contributed by atoms with Crippen molar-refractivity contribution >= 4 is 0 Å². The lowest BCUT2D eigenvalue weighted by Gasteiger charge is -2.43.